The van der Waals surface area contributed by atoms with Gasteiger partial charge in [-0.15, -0.1) is 5.92 Å². The Kier molecular flexibility index (Phi) is 9.81. The number of benzene rings is 2. The second kappa shape index (κ2) is 12.8. The summed E-state index contributed by atoms with van der Waals surface area (Å²) >= 11 is 19.8. The van der Waals surface area contributed by atoms with Crippen LogP contribution in [0, 0.1) is 23.2 Å². The van der Waals surface area contributed by atoms with Crippen molar-refractivity contribution in [2.75, 3.05) is 23.3 Å². The predicted molar refractivity (Wildman–Crippen MR) is 165 cm³/mol. The summed E-state index contributed by atoms with van der Waals surface area (Å²) in [6.45, 7) is 6.07. The van der Waals surface area contributed by atoms with Crippen molar-refractivity contribution in [3.63, 3.8) is 0 Å². The van der Waals surface area contributed by atoms with E-state index in [-0.39, 0.29) is 25.4 Å². The van der Waals surface area contributed by atoms with E-state index in [1.807, 2.05) is 6.92 Å². The maximum atomic E-state index is 13.4. The van der Waals surface area contributed by atoms with Crippen LogP contribution in [0.2, 0.25) is 15.1 Å². The van der Waals surface area contributed by atoms with Crippen LogP contribution < -0.4 is 15.5 Å². The summed E-state index contributed by atoms with van der Waals surface area (Å²) in [7, 11) is 1.78. The number of alkyl halides is 3. The molecule has 1 unspecified atom stereocenters. The molecule has 0 bridgehead atoms. The van der Waals surface area contributed by atoms with Gasteiger partial charge in [0.25, 0.3) is 0 Å². The van der Waals surface area contributed by atoms with Crippen molar-refractivity contribution in [2.45, 2.75) is 59.2 Å². The summed E-state index contributed by atoms with van der Waals surface area (Å²) in [4.78, 5) is 19.1. The fourth-order valence-electron chi connectivity index (χ4n) is 4.84. The van der Waals surface area contributed by atoms with Crippen LogP contribution in [0.3, 0.4) is 0 Å². The SMILES string of the molecule is CCCC#CC(C)(C)C(=O)NCc1ccc(Cl)c(Nc2nc3cc(Cl)c(N4CCCC(C(F)(F)F)C4)cc3n2C)c1Cl. The lowest BCUT2D eigenvalue weighted by molar-refractivity contribution is -0.176. The molecule has 0 spiro atoms. The number of carbonyl (C=O) groups excluding carboxylic acids is 1. The Labute approximate surface area is 258 Å². The van der Waals surface area contributed by atoms with Gasteiger partial charge >= 0.3 is 6.18 Å². The number of amides is 1. The number of rotatable bonds is 7. The van der Waals surface area contributed by atoms with E-state index in [0.717, 1.165) is 12.8 Å². The summed E-state index contributed by atoms with van der Waals surface area (Å²) in [6.07, 6.45) is -2.08. The van der Waals surface area contributed by atoms with Gasteiger partial charge < -0.3 is 20.1 Å². The highest BCUT2D eigenvalue weighted by Gasteiger charge is 2.42. The van der Waals surface area contributed by atoms with Gasteiger partial charge in [-0.3, -0.25) is 4.79 Å². The minimum absolute atomic E-state index is 0.106. The average molecular weight is 643 g/mol. The van der Waals surface area contributed by atoms with Gasteiger partial charge in [0.15, 0.2) is 0 Å². The number of fused-ring (bicyclic) bond motifs is 1. The first kappa shape index (κ1) is 32.1. The van der Waals surface area contributed by atoms with Crippen LogP contribution >= 0.6 is 34.8 Å². The van der Waals surface area contributed by atoms with Crippen molar-refractivity contribution in [3.05, 3.63) is 44.9 Å². The van der Waals surface area contributed by atoms with E-state index in [1.54, 1.807) is 54.6 Å². The number of aromatic nitrogens is 2. The zero-order valence-electron chi connectivity index (χ0n) is 23.9. The third kappa shape index (κ3) is 7.04. The van der Waals surface area contributed by atoms with Gasteiger partial charge in [0, 0.05) is 33.1 Å². The molecule has 1 atom stereocenters. The molecule has 0 radical (unpaired) electrons. The molecule has 4 rings (SSSR count). The number of anilines is 3. The molecule has 0 saturated carbocycles. The normalized spacial score (nSPS) is 15.9. The molecule has 1 aliphatic rings. The van der Waals surface area contributed by atoms with Gasteiger partial charge in [-0.1, -0.05) is 53.7 Å². The molecular formula is C30H33Cl3F3N5O. The summed E-state index contributed by atoms with van der Waals surface area (Å²) in [5.41, 5.74) is 1.95. The molecule has 0 aliphatic carbocycles. The molecule has 2 N–H and O–H groups in total. The van der Waals surface area contributed by atoms with E-state index in [1.165, 1.54) is 0 Å². The quantitative estimate of drug-likeness (QED) is 0.254. The van der Waals surface area contributed by atoms with Crippen LogP contribution in [0.1, 0.15) is 52.0 Å². The minimum atomic E-state index is -4.26. The Morgan fingerprint density at radius 2 is 1.90 bits per heavy atom. The molecule has 6 nitrogen and oxygen atoms in total. The van der Waals surface area contributed by atoms with Gasteiger partial charge in [-0.2, -0.15) is 13.2 Å². The second-order valence-electron chi connectivity index (χ2n) is 11.0. The Morgan fingerprint density at radius 3 is 2.60 bits per heavy atom. The monoisotopic (exact) mass is 641 g/mol. The molecule has 42 heavy (non-hydrogen) atoms. The van der Waals surface area contributed by atoms with Gasteiger partial charge in [-0.05, 0) is 56.9 Å². The van der Waals surface area contributed by atoms with Crippen LogP contribution in [0.4, 0.5) is 30.5 Å². The minimum Gasteiger partial charge on any atom is -0.370 e. The van der Waals surface area contributed by atoms with Crippen LogP contribution in [0.25, 0.3) is 11.0 Å². The summed E-state index contributed by atoms with van der Waals surface area (Å²) in [6, 6.07) is 6.82. The standard InChI is InChI=1S/C30H33Cl3F3N5O/c1-5-6-7-12-29(2,3)27(42)37-16-18-10-11-20(31)26(25(18)33)39-28-38-22-14-21(32)23(15-24(22)40(28)4)41-13-8-9-19(17-41)30(34,35)36/h10-11,14-15,19H,5-6,8-9,13,16-17H2,1-4H3,(H,37,42)(H,38,39). The molecule has 1 amide bonds. The van der Waals surface area contributed by atoms with Crippen molar-refractivity contribution >= 4 is 69.1 Å². The zero-order chi connectivity index (χ0) is 30.8. The van der Waals surface area contributed by atoms with E-state index in [2.05, 4.69) is 27.5 Å². The zero-order valence-corrected chi connectivity index (χ0v) is 26.1. The number of aryl methyl sites for hydroxylation is 1. The number of hydrogen-bond donors (Lipinski definition) is 2. The van der Waals surface area contributed by atoms with Crippen LogP contribution in [-0.4, -0.2) is 34.7 Å². The van der Waals surface area contributed by atoms with E-state index >= 15 is 0 Å². The molecule has 2 aromatic carbocycles. The third-order valence-electron chi connectivity index (χ3n) is 7.37. The molecule has 12 heteroatoms. The number of nitrogens with one attached hydrogen (secondary N) is 2. The first-order valence-corrected chi connectivity index (χ1v) is 14.9. The summed E-state index contributed by atoms with van der Waals surface area (Å²) in [5, 5.41) is 7.07. The fourth-order valence-corrected chi connectivity index (χ4v) is 5.65. The lowest BCUT2D eigenvalue weighted by atomic mass is 9.93. The summed E-state index contributed by atoms with van der Waals surface area (Å²) < 4.78 is 42.0. The smallest absolute Gasteiger partial charge is 0.370 e. The molecule has 1 saturated heterocycles. The Bertz CT molecular complexity index is 1540. The van der Waals surface area contributed by atoms with Crippen molar-refractivity contribution in [2.24, 2.45) is 18.4 Å². The molecule has 3 aromatic rings. The highest BCUT2D eigenvalue weighted by atomic mass is 35.5. The number of piperidine rings is 1. The van der Waals surface area contributed by atoms with E-state index in [0.29, 0.717) is 62.0 Å². The van der Waals surface area contributed by atoms with Gasteiger partial charge in [-0.25, -0.2) is 4.98 Å². The highest BCUT2D eigenvalue weighted by Crippen LogP contribution is 2.40. The van der Waals surface area contributed by atoms with Gasteiger partial charge in [0.1, 0.15) is 5.41 Å². The number of unbranched alkanes of at least 4 members (excludes halogenated alkanes) is 1. The Balaban J connectivity index is 1.57. The second-order valence-corrected chi connectivity index (χ2v) is 12.2. The van der Waals surface area contributed by atoms with E-state index in [4.69, 9.17) is 34.8 Å². The van der Waals surface area contributed by atoms with Gasteiger partial charge in [0.05, 0.1) is 43.4 Å². The van der Waals surface area contributed by atoms with Crippen molar-refractivity contribution < 1.29 is 18.0 Å². The van der Waals surface area contributed by atoms with E-state index in [9.17, 15) is 18.0 Å². The fraction of sp³-hybridized carbons (Fsp3) is 0.467. The summed E-state index contributed by atoms with van der Waals surface area (Å²) in [5.74, 6) is 4.84. The largest absolute Gasteiger partial charge is 0.393 e. The lowest BCUT2D eigenvalue weighted by Gasteiger charge is -2.35. The van der Waals surface area contributed by atoms with Crippen LogP contribution in [0.5, 0.6) is 0 Å². The van der Waals surface area contributed by atoms with Crippen molar-refractivity contribution in [3.8, 4) is 11.8 Å². The lowest BCUT2D eigenvalue weighted by Crippen LogP contribution is -2.41. The molecule has 226 valence electrons. The number of carbonyl (C=O) groups is 1. The molecule has 1 fully saturated rings. The predicted octanol–water partition coefficient (Wildman–Crippen LogP) is 8.50. The van der Waals surface area contributed by atoms with E-state index < -0.39 is 17.5 Å². The Morgan fingerprint density at radius 1 is 1.17 bits per heavy atom. The molecular weight excluding hydrogens is 610 g/mol. The first-order valence-electron chi connectivity index (χ1n) is 13.7. The number of halogens is 6. The van der Waals surface area contributed by atoms with Crippen LogP contribution in [-0.2, 0) is 18.4 Å². The number of hydrogen-bond acceptors (Lipinski definition) is 4. The number of nitrogens with zero attached hydrogens (tertiary/aromatic N) is 3. The van der Waals surface area contributed by atoms with Crippen LogP contribution in [0.15, 0.2) is 24.3 Å². The first-order chi connectivity index (χ1) is 19.7. The maximum Gasteiger partial charge on any atom is 0.393 e. The Hall–Kier alpha value is -2.80. The molecule has 1 aliphatic heterocycles. The third-order valence-corrected chi connectivity index (χ3v) is 8.41. The molecule has 1 aromatic heterocycles. The van der Waals surface area contributed by atoms with Crippen molar-refractivity contribution in [1.29, 1.82) is 0 Å². The van der Waals surface area contributed by atoms with Crippen molar-refractivity contribution in [1.82, 2.24) is 14.9 Å². The average Bonchev–Trinajstić information content (AvgIpc) is 3.23. The molecule has 2 heterocycles. The number of imidazole rings is 1. The highest BCUT2D eigenvalue weighted by molar-refractivity contribution is 6.39. The topological polar surface area (TPSA) is 62.2 Å². The maximum absolute atomic E-state index is 13.4. The van der Waals surface area contributed by atoms with Gasteiger partial charge in [0.2, 0.25) is 11.9 Å².